The van der Waals surface area contributed by atoms with E-state index in [-0.39, 0.29) is 13.2 Å². The number of carboxylic acid groups (broad SMARTS) is 1. The van der Waals surface area contributed by atoms with Gasteiger partial charge in [-0.15, -0.1) is 0 Å². The quantitative estimate of drug-likeness (QED) is 0.245. The number of nitrogens with zero attached hydrogens (tertiary/aromatic N) is 4. The molecule has 9 heteroatoms. The third-order valence-corrected chi connectivity index (χ3v) is 7.26. The Morgan fingerprint density at radius 1 is 1.10 bits per heavy atom. The molecule has 1 aliphatic rings. The number of unbranched alkanes of at least 4 members (excludes halogenated alkanes) is 1. The molecule has 0 saturated heterocycles. The van der Waals surface area contributed by atoms with Crippen LogP contribution in [0.1, 0.15) is 42.6 Å². The molecule has 1 aliphatic heterocycles. The summed E-state index contributed by atoms with van der Waals surface area (Å²) in [5.41, 5.74) is 3.91. The number of fused-ring (bicyclic) bond motifs is 1. The van der Waals surface area contributed by atoms with Crippen molar-refractivity contribution in [1.29, 1.82) is 0 Å². The molecule has 2 N–H and O–H groups in total. The fourth-order valence-electron chi connectivity index (χ4n) is 5.10. The topological polar surface area (TPSA) is 100 Å². The molecular formula is C31H40FN5O3. The van der Waals surface area contributed by atoms with Crippen LogP contribution in [0.5, 0.6) is 0 Å². The maximum atomic E-state index is 14.5. The van der Waals surface area contributed by atoms with Crippen molar-refractivity contribution < 1.29 is 19.0 Å². The zero-order valence-electron chi connectivity index (χ0n) is 23.3. The van der Waals surface area contributed by atoms with E-state index in [4.69, 9.17) is 9.72 Å². The molecule has 2 aromatic heterocycles. The minimum atomic E-state index is -1.13. The number of methoxy groups -OCH3 is 1. The van der Waals surface area contributed by atoms with Crippen LogP contribution in [0.4, 0.5) is 10.2 Å². The average Bonchev–Trinajstić information content (AvgIpc) is 2.97. The predicted octanol–water partition coefficient (Wildman–Crippen LogP) is 4.84. The molecule has 40 heavy (non-hydrogen) atoms. The van der Waals surface area contributed by atoms with Crippen LogP contribution in [0.3, 0.4) is 0 Å². The molecule has 2 atom stereocenters. The lowest BCUT2D eigenvalue weighted by Crippen LogP contribution is -2.36. The highest BCUT2D eigenvalue weighted by molar-refractivity contribution is 5.70. The molecule has 3 heterocycles. The normalized spacial score (nSPS) is 14.4. The number of benzene rings is 1. The summed E-state index contributed by atoms with van der Waals surface area (Å²) < 4.78 is 19.5. The number of carboxylic acids is 1. The van der Waals surface area contributed by atoms with E-state index in [1.165, 1.54) is 12.7 Å². The van der Waals surface area contributed by atoms with Gasteiger partial charge < -0.3 is 20.1 Å². The van der Waals surface area contributed by atoms with Crippen LogP contribution in [0.15, 0.2) is 54.7 Å². The number of carbonyl (C=O) groups is 1. The second-order valence-corrected chi connectivity index (χ2v) is 10.4. The first-order chi connectivity index (χ1) is 19.5. The SMILES string of the molecule is COC[C@@H](F)CN(CCCCc1ccc2c(n1)NCCC2)CC[C@H](Cc1ccnc(-c2ccccc2)n1)C(=O)O. The number of hydrogen-bond acceptors (Lipinski definition) is 7. The Morgan fingerprint density at radius 3 is 2.75 bits per heavy atom. The molecule has 214 valence electrons. The molecule has 0 amide bonds. The Hall–Kier alpha value is -3.43. The number of nitrogens with one attached hydrogen (secondary N) is 1. The number of rotatable bonds is 16. The van der Waals surface area contributed by atoms with E-state index < -0.39 is 18.1 Å². The van der Waals surface area contributed by atoms with Gasteiger partial charge in [0, 0.05) is 49.8 Å². The van der Waals surface area contributed by atoms with E-state index in [1.54, 1.807) is 12.3 Å². The minimum Gasteiger partial charge on any atom is -0.481 e. The molecule has 0 aliphatic carbocycles. The van der Waals surface area contributed by atoms with Crippen molar-refractivity contribution in [1.82, 2.24) is 19.9 Å². The van der Waals surface area contributed by atoms with Crippen LogP contribution >= 0.6 is 0 Å². The first kappa shape index (κ1) is 29.6. The lowest BCUT2D eigenvalue weighted by Gasteiger charge is -2.25. The summed E-state index contributed by atoms with van der Waals surface area (Å²) >= 11 is 0. The fourth-order valence-corrected chi connectivity index (χ4v) is 5.10. The van der Waals surface area contributed by atoms with Gasteiger partial charge in [0.25, 0.3) is 0 Å². The van der Waals surface area contributed by atoms with Gasteiger partial charge in [-0.3, -0.25) is 4.79 Å². The number of pyridine rings is 1. The number of aromatic nitrogens is 3. The zero-order chi connectivity index (χ0) is 28.2. The molecule has 3 aromatic rings. The summed E-state index contributed by atoms with van der Waals surface area (Å²) in [5.74, 6) is 0.0757. The van der Waals surface area contributed by atoms with Crippen LogP contribution in [0, 0.1) is 5.92 Å². The van der Waals surface area contributed by atoms with Crippen molar-refractivity contribution in [2.75, 3.05) is 45.2 Å². The van der Waals surface area contributed by atoms with E-state index in [0.717, 1.165) is 55.7 Å². The van der Waals surface area contributed by atoms with Crippen molar-refractivity contribution in [2.24, 2.45) is 5.92 Å². The van der Waals surface area contributed by atoms with E-state index in [1.807, 2.05) is 35.2 Å². The first-order valence-corrected chi connectivity index (χ1v) is 14.2. The van der Waals surface area contributed by atoms with Crippen LogP contribution in [-0.4, -0.2) is 77.0 Å². The highest BCUT2D eigenvalue weighted by Crippen LogP contribution is 2.21. The minimum absolute atomic E-state index is 0.0219. The van der Waals surface area contributed by atoms with Gasteiger partial charge in [0.15, 0.2) is 5.82 Å². The Bertz CT molecular complexity index is 1210. The number of hydrogen-bond donors (Lipinski definition) is 2. The predicted molar refractivity (Wildman–Crippen MR) is 154 cm³/mol. The molecule has 0 radical (unpaired) electrons. The zero-order valence-corrected chi connectivity index (χ0v) is 23.3. The summed E-state index contributed by atoms with van der Waals surface area (Å²) in [5, 5.41) is 13.3. The monoisotopic (exact) mass is 549 g/mol. The summed E-state index contributed by atoms with van der Waals surface area (Å²) in [4.78, 5) is 27.9. The molecule has 1 aromatic carbocycles. The number of aryl methyl sites for hydroxylation is 2. The van der Waals surface area contributed by atoms with Crippen molar-refractivity contribution in [3.8, 4) is 11.4 Å². The van der Waals surface area contributed by atoms with Crippen molar-refractivity contribution >= 4 is 11.8 Å². The van der Waals surface area contributed by atoms with Crippen LogP contribution in [-0.2, 0) is 28.8 Å². The summed E-state index contributed by atoms with van der Waals surface area (Å²) in [6, 6.07) is 15.7. The number of aliphatic carboxylic acids is 1. The molecule has 4 rings (SSSR count). The number of ether oxygens (including phenoxy) is 1. The second kappa shape index (κ2) is 15.4. The van der Waals surface area contributed by atoms with E-state index in [9.17, 15) is 14.3 Å². The maximum Gasteiger partial charge on any atom is 0.306 e. The van der Waals surface area contributed by atoms with E-state index in [0.29, 0.717) is 37.4 Å². The smallest absolute Gasteiger partial charge is 0.306 e. The maximum absolute atomic E-state index is 14.5. The lowest BCUT2D eigenvalue weighted by atomic mass is 9.98. The molecule has 0 unspecified atom stereocenters. The fraction of sp³-hybridized carbons (Fsp3) is 0.484. The first-order valence-electron chi connectivity index (χ1n) is 14.2. The highest BCUT2D eigenvalue weighted by atomic mass is 19.1. The third-order valence-electron chi connectivity index (χ3n) is 7.26. The summed E-state index contributed by atoms with van der Waals surface area (Å²) in [6.07, 6.45) is 6.09. The molecule has 0 bridgehead atoms. The molecule has 0 fully saturated rings. The Labute approximate surface area is 236 Å². The average molecular weight is 550 g/mol. The molecule has 0 spiro atoms. The van der Waals surface area contributed by atoms with Gasteiger partial charge in [-0.25, -0.2) is 19.3 Å². The lowest BCUT2D eigenvalue weighted by molar-refractivity contribution is -0.142. The van der Waals surface area contributed by atoms with Gasteiger partial charge >= 0.3 is 5.97 Å². The van der Waals surface area contributed by atoms with Gasteiger partial charge in [-0.2, -0.15) is 0 Å². The van der Waals surface area contributed by atoms with Crippen molar-refractivity contribution in [3.05, 3.63) is 71.7 Å². The number of anilines is 1. The van der Waals surface area contributed by atoms with Gasteiger partial charge in [0.2, 0.25) is 0 Å². The van der Waals surface area contributed by atoms with Crippen molar-refractivity contribution in [3.63, 3.8) is 0 Å². The van der Waals surface area contributed by atoms with Gasteiger partial charge in [-0.05, 0) is 69.3 Å². The Balaban J connectivity index is 1.32. The van der Waals surface area contributed by atoms with Crippen LogP contribution in [0.2, 0.25) is 0 Å². The Morgan fingerprint density at radius 2 is 1.95 bits per heavy atom. The van der Waals surface area contributed by atoms with Crippen molar-refractivity contribution in [2.45, 2.75) is 51.1 Å². The van der Waals surface area contributed by atoms with Crippen LogP contribution < -0.4 is 5.32 Å². The Kier molecular flexibility index (Phi) is 11.4. The van der Waals surface area contributed by atoms with Crippen LogP contribution in [0.25, 0.3) is 11.4 Å². The summed E-state index contributed by atoms with van der Waals surface area (Å²) in [6.45, 7) is 2.37. The van der Waals surface area contributed by atoms with Gasteiger partial charge in [-0.1, -0.05) is 36.4 Å². The number of alkyl halides is 1. The second-order valence-electron chi connectivity index (χ2n) is 10.4. The molecule has 8 nitrogen and oxygen atoms in total. The molecular weight excluding hydrogens is 509 g/mol. The third kappa shape index (κ3) is 9.06. The molecule has 0 saturated carbocycles. The van der Waals surface area contributed by atoms with E-state index in [2.05, 4.69) is 27.4 Å². The van der Waals surface area contributed by atoms with Gasteiger partial charge in [0.1, 0.15) is 12.0 Å². The number of halogens is 1. The highest BCUT2D eigenvalue weighted by Gasteiger charge is 2.22. The largest absolute Gasteiger partial charge is 0.481 e. The van der Waals surface area contributed by atoms with E-state index >= 15 is 0 Å². The summed E-state index contributed by atoms with van der Waals surface area (Å²) in [7, 11) is 1.49. The van der Waals surface area contributed by atoms with Gasteiger partial charge in [0.05, 0.1) is 12.5 Å². The standard InChI is InChI=1S/C31H40FN5O3/c1-40-22-26(32)21-37(18-6-5-11-27-13-12-24-10-7-16-33-30(24)35-27)19-15-25(31(38)39)20-28-14-17-34-29(36-28)23-8-3-2-4-9-23/h2-4,8-9,12-14,17,25-26H,5-7,10-11,15-16,18-22H2,1H3,(H,33,35)(H,38,39)/t25-,26+/m1/s1.